The molecule has 1 aromatic heterocycles. The summed E-state index contributed by atoms with van der Waals surface area (Å²) >= 11 is 0. The molecule has 0 bridgehead atoms. The van der Waals surface area contributed by atoms with Crippen LogP contribution in [-0.4, -0.2) is 41.1 Å². The lowest BCUT2D eigenvalue weighted by Crippen LogP contribution is -2.08. The fraction of sp³-hybridized carbons (Fsp3) is 0.312. The van der Waals surface area contributed by atoms with Gasteiger partial charge in [0.05, 0.1) is 20.3 Å². The molecule has 0 amide bonds. The van der Waals surface area contributed by atoms with Gasteiger partial charge in [0.15, 0.2) is 5.82 Å². The van der Waals surface area contributed by atoms with Crippen LogP contribution in [0.1, 0.15) is 13.8 Å². The predicted octanol–water partition coefficient (Wildman–Crippen LogP) is 2.38. The van der Waals surface area contributed by atoms with E-state index in [9.17, 15) is 4.79 Å². The molecule has 23 heavy (non-hydrogen) atoms. The van der Waals surface area contributed by atoms with E-state index in [1.807, 2.05) is 0 Å². The zero-order valence-electron chi connectivity index (χ0n) is 13.5. The van der Waals surface area contributed by atoms with Gasteiger partial charge in [0.25, 0.3) is 0 Å². The molecule has 0 saturated heterocycles. The lowest BCUT2D eigenvalue weighted by atomic mass is 10.2. The van der Waals surface area contributed by atoms with Gasteiger partial charge in [-0.25, -0.2) is 14.5 Å². The van der Waals surface area contributed by atoms with Crippen LogP contribution in [0.2, 0.25) is 0 Å². The van der Waals surface area contributed by atoms with Gasteiger partial charge in [-0.3, -0.25) is 0 Å². The van der Waals surface area contributed by atoms with Crippen LogP contribution in [0, 0.1) is 0 Å². The average molecular weight is 317 g/mol. The molecule has 0 N–H and O–H groups in total. The van der Waals surface area contributed by atoms with E-state index in [2.05, 4.69) is 10.1 Å². The molecule has 2 aromatic rings. The minimum atomic E-state index is -0.430. The summed E-state index contributed by atoms with van der Waals surface area (Å²) in [5.74, 6) is 1.35. The summed E-state index contributed by atoms with van der Waals surface area (Å²) in [6, 6.07) is 5.38. The van der Waals surface area contributed by atoms with Crippen LogP contribution in [0.4, 0.5) is 0 Å². The average Bonchev–Trinajstić information content (AvgIpc) is 3.00. The first-order chi connectivity index (χ1) is 11.0. The number of nitrogens with zero attached hydrogens (tertiary/aromatic N) is 3. The van der Waals surface area contributed by atoms with E-state index in [1.165, 1.54) is 23.3 Å². The van der Waals surface area contributed by atoms with E-state index in [0.717, 1.165) is 5.56 Å². The first kappa shape index (κ1) is 16.5. The number of benzene rings is 1. The first-order valence-electron chi connectivity index (χ1n) is 7.05. The monoisotopic (exact) mass is 317 g/mol. The molecule has 0 aliphatic carbocycles. The fourth-order valence-corrected chi connectivity index (χ4v) is 1.82. The fourth-order valence-electron chi connectivity index (χ4n) is 1.82. The molecule has 0 aliphatic heterocycles. The molecule has 0 fully saturated rings. The van der Waals surface area contributed by atoms with Crippen molar-refractivity contribution < 1.29 is 19.0 Å². The Bertz CT molecular complexity index is 685. The zero-order valence-corrected chi connectivity index (χ0v) is 13.5. The molecule has 0 radical (unpaired) electrons. The molecule has 122 valence electrons. The Morgan fingerprint density at radius 2 is 1.83 bits per heavy atom. The third-order valence-corrected chi connectivity index (χ3v) is 2.83. The Balaban J connectivity index is 2.19. The maximum Gasteiger partial charge on any atom is 0.332 e. The van der Waals surface area contributed by atoms with Gasteiger partial charge < -0.3 is 14.2 Å². The Kier molecular flexibility index (Phi) is 5.35. The van der Waals surface area contributed by atoms with Crippen LogP contribution in [0.15, 0.2) is 30.6 Å². The van der Waals surface area contributed by atoms with Crippen LogP contribution in [0.25, 0.3) is 17.6 Å². The summed E-state index contributed by atoms with van der Waals surface area (Å²) in [7, 11) is 3.15. The van der Waals surface area contributed by atoms with Crippen molar-refractivity contribution in [2.24, 2.45) is 0 Å². The summed E-state index contributed by atoms with van der Waals surface area (Å²) < 4.78 is 16.9. The third kappa shape index (κ3) is 4.57. The summed E-state index contributed by atoms with van der Waals surface area (Å²) in [5, 5.41) is 4.28. The summed E-state index contributed by atoms with van der Waals surface area (Å²) in [6.07, 6.45) is 4.12. The highest BCUT2D eigenvalue weighted by atomic mass is 16.5. The maximum absolute atomic E-state index is 11.5. The van der Waals surface area contributed by atoms with E-state index in [4.69, 9.17) is 14.2 Å². The summed E-state index contributed by atoms with van der Waals surface area (Å²) in [5.41, 5.74) is 0.748. The molecular formula is C16H19N3O4. The van der Waals surface area contributed by atoms with Gasteiger partial charge >= 0.3 is 5.97 Å². The lowest BCUT2D eigenvalue weighted by molar-refractivity contribution is -0.141. The second kappa shape index (κ2) is 7.44. The van der Waals surface area contributed by atoms with Gasteiger partial charge in [-0.2, -0.15) is 0 Å². The van der Waals surface area contributed by atoms with Gasteiger partial charge in [0, 0.05) is 23.9 Å². The topological polar surface area (TPSA) is 75.5 Å². The van der Waals surface area contributed by atoms with E-state index in [1.54, 1.807) is 46.3 Å². The van der Waals surface area contributed by atoms with Crippen LogP contribution >= 0.6 is 0 Å². The van der Waals surface area contributed by atoms with Crippen LogP contribution < -0.4 is 9.47 Å². The van der Waals surface area contributed by atoms with Crippen molar-refractivity contribution in [2.75, 3.05) is 14.2 Å². The van der Waals surface area contributed by atoms with Crippen LogP contribution in [-0.2, 0) is 9.53 Å². The Morgan fingerprint density at radius 1 is 1.17 bits per heavy atom. The van der Waals surface area contributed by atoms with E-state index >= 15 is 0 Å². The van der Waals surface area contributed by atoms with Crippen molar-refractivity contribution in [1.29, 1.82) is 0 Å². The Labute approximate surface area is 134 Å². The van der Waals surface area contributed by atoms with E-state index < -0.39 is 5.97 Å². The molecule has 2 rings (SSSR count). The Morgan fingerprint density at radius 3 is 2.39 bits per heavy atom. The second-order valence-corrected chi connectivity index (χ2v) is 4.95. The third-order valence-electron chi connectivity index (χ3n) is 2.83. The maximum atomic E-state index is 11.5. The molecule has 0 unspecified atom stereocenters. The lowest BCUT2D eigenvalue weighted by Gasteiger charge is -2.06. The zero-order chi connectivity index (χ0) is 16.8. The summed E-state index contributed by atoms with van der Waals surface area (Å²) in [4.78, 5) is 15.7. The largest absolute Gasteiger partial charge is 0.497 e. The highest BCUT2D eigenvalue weighted by Gasteiger charge is 2.08. The van der Waals surface area contributed by atoms with E-state index in [-0.39, 0.29) is 6.10 Å². The quantitative estimate of drug-likeness (QED) is 0.601. The van der Waals surface area contributed by atoms with Crippen molar-refractivity contribution in [1.82, 2.24) is 14.8 Å². The number of ether oxygens (including phenoxy) is 3. The molecule has 1 heterocycles. The smallest absolute Gasteiger partial charge is 0.332 e. The molecule has 7 heteroatoms. The van der Waals surface area contributed by atoms with Gasteiger partial charge in [0.1, 0.15) is 17.8 Å². The van der Waals surface area contributed by atoms with Crippen LogP contribution in [0.5, 0.6) is 11.5 Å². The molecular weight excluding hydrogens is 298 g/mol. The summed E-state index contributed by atoms with van der Waals surface area (Å²) in [6.45, 7) is 3.57. The number of hydrogen-bond acceptors (Lipinski definition) is 6. The molecule has 0 atom stereocenters. The van der Waals surface area contributed by atoms with E-state index in [0.29, 0.717) is 17.3 Å². The second-order valence-electron chi connectivity index (χ2n) is 4.95. The van der Waals surface area contributed by atoms with Crippen molar-refractivity contribution in [3.05, 3.63) is 30.6 Å². The predicted molar refractivity (Wildman–Crippen MR) is 85.1 cm³/mol. The molecule has 1 aromatic carbocycles. The standard InChI is InChI=1S/C16H19N3O4/c1-11(2)23-15(20)5-6-19-10-17-16(18-19)12-7-13(21-3)9-14(8-12)22-4/h5-11H,1-4H3/b6-5+. The number of carbonyl (C=O) groups is 1. The molecule has 0 saturated carbocycles. The van der Waals surface area contributed by atoms with Gasteiger partial charge in [-0.1, -0.05) is 0 Å². The highest BCUT2D eigenvalue weighted by Crippen LogP contribution is 2.27. The van der Waals surface area contributed by atoms with Gasteiger partial charge in [-0.05, 0) is 26.0 Å². The SMILES string of the molecule is COc1cc(OC)cc(-c2ncn(/C=C/C(=O)OC(C)C)n2)c1. The number of carbonyl (C=O) groups excluding carboxylic acids is 1. The minimum absolute atomic E-state index is 0.164. The Hall–Kier alpha value is -2.83. The van der Waals surface area contributed by atoms with Crippen molar-refractivity contribution in [3.8, 4) is 22.9 Å². The van der Waals surface area contributed by atoms with Crippen molar-refractivity contribution in [2.45, 2.75) is 20.0 Å². The minimum Gasteiger partial charge on any atom is -0.497 e. The van der Waals surface area contributed by atoms with Gasteiger partial charge in [-0.15, -0.1) is 5.10 Å². The van der Waals surface area contributed by atoms with Gasteiger partial charge in [0.2, 0.25) is 0 Å². The first-order valence-corrected chi connectivity index (χ1v) is 7.05. The van der Waals surface area contributed by atoms with Crippen LogP contribution in [0.3, 0.4) is 0 Å². The number of methoxy groups -OCH3 is 2. The molecule has 0 spiro atoms. The normalized spacial score (nSPS) is 11.0. The number of aromatic nitrogens is 3. The number of rotatable bonds is 6. The van der Waals surface area contributed by atoms with Crippen molar-refractivity contribution in [3.63, 3.8) is 0 Å². The molecule has 0 aliphatic rings. The highest BCUT2D eigenvalue weighted by molar-refractivity contribution is 5.85. The number of hydrogen-bond donors (Lipinski definition) is 0. The van der Waals surface area contributed by atoms with Crippen molar-refractivity contribution >= 4 is 12.2 Å². The molecule has 7 nitrogen and oxygen atoms in total. The number of esters is 1.